The van der Waals surface area contributed by atoms with Crippen LogP contribution in [-0.4, -0.2) is 5.11 Å². The van der Waals surface area contributed by atoms with E-state index in [9.17, 15) is 5.11 Å². The van der Waals surface area contributed by atoms with Gasteiger partial charge in [0.2, 0.25) is 0 Å². The minimum absolute atomic E-state index is 0.565. The van der Waals surface area contributed by atoms with Gasteiger partial charge in [-0.2, -0.15) is 0 Å². The highest BCUT2D eigenvalue weighted by Crippen LogP contribution is 2.24. The molecule has 0 aliphatic carbocycles. The molecule has 0 bridgehead atoms. The monoisotopic (exact) mass is 230 g/mol. The summed E-state index contributed by atoms with van der Waals surface area (Å²) in [5.41, 5.74) is 4.93. The summed E-state index contributed by atoms with van der Waals surface area (Å²) in [5.74, 6) is 0.629. The van der Waals surface area contributed by atoms with E-state index in [1.807, 2.05) is 6.07 Å². The first-order valence-electron chi connectivity index (χ1n) is 5.86. The molecule has 90 valence electrons. The standard InChI is InChI=1S/C15H18O2/c1-10-7-11(2)13(12(3)8-10)9-14(16)15-5-4-6-17-15/h4-8,14,16H,9H2,1-3H3. The van der Waals surface area contributed by atoms with E-state index in [1.54, 1.807) is 12.3 Å². The molecule has 0 saturated heterocycles. The van der Waals surface area contributed by atoms with E-state index in [0.717, 1.165) is 0 Å². The summed E-state index contributed by atoms with van der Waals surface area (Å²) >= 11 is 0. The van der Waals surface area contributed by atoms with Crippen LogP contribution in [0, 0.1) is 20.8 Å². The number of aliphatic hydroxyl groups is 1. The number of furan rings is 1. The number of rotatable bonds is 3. The zero-order chi connectivity index (χ0) is 12.4. The average molecular weight is 230 g/mol. The second-order valence-corrected chi connectivity index (χ2v) is 4.61. The molecule has 2 heteroatoms. The van der Waals surface area contributed by atoms with Crippen LogP contribution in [0.2, 0.25) is 0 Å². The molecule has 0 aliphatic heterocycles. The Kier molecular flexibility index (Phi) is 3.34. The van der Waals surface area contributed by atoms with Gasteiger partial charge in [-0.3, -0.25) is 0 Å². The van der Waals surface area contributed by atoms with Gasteiger partial charge in [0.1, 0.15) is 11.9 Å². The Morgan fingerprint density at radius 3 is 2.35 bits per heavy atom. The van der Waals surface area contributed by atoms with E-state index in [-0.39, 0.29) is 0 Å². The first kappa shape index (κ1) is 11.9. The van der Waals surface area contributed by atoms with E-state index in [1.165, 1.54) is 22.3 Å². The first-order chi connectivity index (χ1) is 8.08. The van der Waals surface area contributed by atoms with Crippen molar-refractivity contribution < 1.29 is 9.52 Å². The van der Waals surface area contributed by atoms with Gasteiger partial charge in [-0.25, -0.2) is 0 Å². The zero-order valence-corrected chi connectivity index (χ0v) is 10.5. The fourth-order valence-electron chi connectivity index (χ4n) is 2.31. The Morgan fingerprint density at radius 2 is 1.82 bits per heavy atom. The van der Waals surface area contributed by atoms with E-state index in [0.29, 0.717) is 12.2 Å². The Morgan fingerprint density at radius 1 is 1.18 bits per heavy atom. The van der Waals surface area contributed by atoms with Gasteiger partial charge >= 0.3 is 0 Å². The van der Waals surface area contributed by atoms with Gasteiger partial charge in [-0.15, -0.1) is 0 Å². The predicted molar refractivity (Wildman–Crippen MR) is 68.0 cm³/mol. The summed E-state index contributed by atoms with van der Waals surface area (Å²) in [7, 11) is 0. The summed E-state index contributed by atoms with van der Waals surface area (Å²) in [5, 5.41) is 10.1. The van der Waals surface area contributed by atoms with Crippen LogP contribution in [-0.2, 0) is 6.42 Å². The lowest BCUT2D eigenvalue weighted by molar-refractivity contribution is 0.150. The zero-order valence-electron chi connectivity index (χ0n) is 10.5. The molecule has 1 aromatic heterocycles. The summed E-state index contributed by atoms with van der Waals surface area (Å²) in [4.78, 5) is 0. The number of aryl methyl sites for hydroxylation is 3. The largest absolute Gasteiger partial charge is 0.467 e. The highest BCUT2D eigenvalue weighted by molar-refractivity contribution is 5.38. The normalized spacial score (nSPS) is 12.7. The molecule has 1 unspecified atom stereocenters. The van der Waals surface area contributed by atoms with Crippen LogP contribution in [0.5, 0.6) is 0 Å². The maximum Gasteiger partial charge on any atom is 0.132 e. The lowest BCUT2D eigenvalue weighted by Crippen LogP contribution is -2.04. The van der Waals surface area contributed by atoms with Crippen molar-refractivity contribution in [3.63, 3.8) is 0 Å². The average Bonchev–Trinajstić information content (AvgIpc) is 2.76. The molecule has 0 spiro atoms. The Balaban J connectivity index is 2.25. The summed E-state index contributed by atoms with van der Waals surface area (Å²) in [6, 6.07) is 7.91. The number of hydrogen-bond acceptors (Lipinski definition) is 2. The third-order valence-corrected chi connectivity index (χ3v) is 3.11. The van der Waals surface area contributed by atoms with E-state index in [4.69, 9.17) is 4.42 Å². The molecular formula is C15H18O2. The molecule has 1 heterocycles. The Bertz CT molecular complexity index is 475. The Labute approximate surface area is 102 Å². The minimum atomic E-state index is -0.565. The topological polar surface area (TPSA) is 33.4 Å². The van der Waals surface area contributed by atoms with Gasteiger partial charge in [0.15, 0.2) is 0 Å². The second-order valence-electron chi connectivity index (χ2n) is 4.61. The third kappa shape index (κ3) is 2.59. The van der Waals surface area contributed by atoms with Crippen LogP contribution >= 0.6 is 0 Å². The Hall–Kier alpha value is -1.54. The van der Waals surface area contributed by atoms with Crippen LogP contribution in [0.1, 0.15) is 34.1 Å². The molecule has 2 rings (SSSR count). The van der Waals surface area contributed by atoms with Crippen LogP contribution in [0.25, 0.3) is 0 Å². The lowest BCUT2D eigenvalue weighted by atomic mass is 9.95. The van der Waals surface area contributed by atoms with Crippen molar-refractivity contribution in [2.24, 2.45) is 0 Å². The predicted octanol–water partition coefficient (Wildman–Crippen LogP) is 3.48. The maximum absolute atomic E-state index is 10.1. The first-order valence-corrected chi connectivity index (χ1v) is 5.86. The van der Waals surface area contributed by atoms with Gasteiger partial charge in [0.25, 0.3) is 0 Å². The molecule has 1 atom stereocenters. The molecule has 0 aliphatic rings. The summed E-state index contributed by atoms with van der Waals surface area (Å²) in [6.45, 7) is 6.26. The number of hydrogen-bond donors (Lipinski definition) is 1. The van der Waals surface area contributed by atoms with Crippen LogP contribution in [0.3, 0.4) is 0 Å². The SMILES string of the molecule is Cc1cc(C)c(CC(O)c2ccco2)c(C)c1. The highest BCUT2D eigenvalue weighted by Gasteiger charge is 2.14. The maximum atomic E-state index is 10.1. The van der Waals surface area contributed by atoms with Gasteiger partial charge < -0.3 is 9.52 Å². The molecule has 0 amide bonds. The molecule has 1 aromatic carbocycles. The van der Waals surface area contributed by atoms with Gasteiger partial charge in [0, 0.05) is 6.42 Å². The van der Waals surface area contributed by atoms with E-state index < -0.39 is 6.10 Å². The number of aliphatic hydroxyl groups excluding tert-OH is 1. The van der Waals surface area contributed by atoms with Crippen molar-refractivity contribution in [3.8, 4) is 0 Å². The minimum Gasteiger partial charge on any atom is -0.467 e. The quantitative estimate of drug-likeness (QED) is 0.875. The molecular weight excluding hydrogens is 212 g/mol. The second kappa shape index (κ2) is 4.76. The molecule has 17 heavy (non-hydrogen) atoms. The van der Waals surface area contributed by atoms with Crippen LogP contribution in [0.4, 0.5) is 0 Å². The van der Waals surface area contributed by atoms with Crippen molar-refractivity contribution >= 4 is 0 Å². The molecule has 2 aromatic rings. The molecule has 2 nitrogen and oxygen atoms in total. The van der Waals surface area contributed by atoms with Crippen molar-refractivity contribution in [1.82, 2.24) is 0 Å². The molecule has 0 saturated carbocycles. The van der Waals surface area contributed by atoms with E-state index in [2.05, 4.69) is 32.9 Å². The fraction of sp³-hybridized carbons (Fsp3) is 0.333. The highest BCUT2D eigenvalue weighted by atomic mass is 16.4. The smallest absolute Gasteiger partial charge is 0.132 e. The fourth-order valence-corrected chi connectivity index (χ4v) is 2.31. The van der Waals surface area contributed by atoms with Crippen molar-refractivity contribution in [3.05, 3.63) is 58.5 Å². The van der Waals surface area contributed by atoms with Crippen molar-refractivity contribution in [2.45, 2.75) is 33.3 Å². The van der Waals surface area contributed by atoms with Crippen molar-refractivity contribution in [1.29, 1.82) is 0 Å². The summed E-state index contributed by atoms with van der Waals surface area (Å²) < 4.78 is 5.22. The van der Waals surface area contributed by atoms with Crippen LogP contribution in [0.15, 0.2) is 34.9 Å². The molecule has 0 fully saturated rings. The molecule has 1 N–H and O–H groups in total. The van der Waals surface area contributed by atoms with Gasteiger partial charge in [-0.1, -0.05) is 17.7 Å². The van der Waals surface area contributed by atoms with Gasteiger partial charge in [0.05, 0.1) is 6.26 Å². The molecule has 0 radical (unpaired) electrons. The number of benzene rings is 1. The van der Waals surface area contributed by atoms with Crippen LogP contribution < -0.4 is 0 Å². The van der Waals surface area contributed by atoms with Crippen molar-refractivity contribution in [2.75, 3.05) is 0 Å². The lowest BCUT2D eigenvalue weighted by Gasteiger charge is -2.14. The summed E-state index contributed by atoms with van der Waals surface area (Å²) in [6.07, 6.45) is 1.63. The van der Waals surface area contributed by atoms with Gasteiger partial charge in [-0.05, 0) is 49.6 Å². The van der Waals surface area contributed by atoms with E-state index >= 15 is 0 Å². The third-order valence-electron chi connectivity index (χ3n) is 3.11.